The Balaban J connectivity index is 2.05. The number of anilines is 1. The number of fused-ring (bicyclic) bond motifs is 1. The molecule has 0 spiro atoms. The van der Waals surface area contributed by atoms with Crippen LogP contribution in [0.3, 0.4) is 0 Å². The van der Waals surface area contributed by atoms with Gasteiger partial charge in [0.2, 0.25) is 0 Å². The van der Waals surface area contributed by atoms with E-state index >= 15 is 0 Å². The van der Waals surface area contributed by atoms with Gasteiger partial charge in [0, 0.05) is 28.1 Å². The molecule has 4 heteroatoms. The number of thiophene rings is 1. The Morgan fingerprint density at radius 1 is 1.35 bits per heavy atom. The highest BCUT2D eigenvalue weighted by molar-refractivity contribution is 7.10. The molecule has 0 bridgehead atoms. The Bertz CT molecular complexity index is 713. The lowest BCUT2D eigenvalue weighted by molar-refractivity contribution is 0.499. The van der Waals surface area contributed by atoms with Crippen LogP contribution in [0.4, 0.5) is 5.69 Å². The molecule has 23 heavy (non-hydrogen) atoms. The molecular weight excluding hydrogens is 302 g/mol. The van der Waals surface area contributed by atoms with E-state index < -0.39 is 0 Å². The van der Waals surface area contributed by atoms with Crippen LogP contribution in [0.5, 0.6) is 0 Å². The second-order valence-electron chi connectivity index (χ2n) is 6.75. The largest absolute Gasteiger partial charge is 0.362 e. The maximum Gasteiger partial charge on any atom is 0.0995 e. The van der Waals surface area contributed by atoms with Gasteiger partial charge in [-0.3, -0.25) is 0 Å². The quantitative estimate of drug-likeness (QED) is 0.901. The number of nitrogens with one attached hydrogen (secondary N) is 1. The third-order valence-corrected chi connectivity index (χ3v) is 5.60. The van der Waals surface area contributed by atoms with E-state index in [4.69, 9.17) is 0 Å². The van der Waals surface area contributed by atoms with Crippen molar-refractivity contribution in [2.45, 2.75) is 31.7 Å². The molecule has 1 unspecified atom stereocenters. The van der Waals surface area contributed by atoms with Gasteiger partial charge in [0.05, 0.1) is 17.7 Å². The molecule has 0 amide bonds. The van der Waals surface area contributed by atoms with Gasteiger partial charge in [0.1, 0.15) is 0 Å². The third-order valence-electron chi connectivity index (χ3n) is 4.63. The first-order valence-corrected chi connectivity index (χ1v) is 8.94. The first kappa shape index (κ1) is 16.0. The van der Waals surface area contributed by atoms with E-state index in [1.807, 2.05) is 30.5 Å². The van der Waals surface area contributed by atoms with E-state index in [1.165, 1.54) is 16.1 Å². The minimum absolute atomic E-state index is 0.00317. The average molecular weight is 325 g/mol. The molecule has 1 aliphatic heterocycles. The van der Waals surface area contributed by atoms with Gasteiger partial charge in [-0.2, -0.15) is 5.26 Å². The van der Waals surface area contributed by atoms with Crippen molar-refractivity contribution in [2.75, 3.05) is 25.0 Å². The van der Waals surface area contributed by atoms with Crippen molar-refractivity contribution in [2.24, 2.45) is 0 Å². The Labute approximate surface area is 142 Å². The molecule has 1 N–H and O–H groups in total. The summed E-state index contributed by atoms with van der Waals surface area (Å²) in [5.74, 6) is 0. The van der Waals surface area contributed by atoms with Crippen LogP contribution in [0.2, 0.25) is 0 Å². The zero-order valence-corrected chi connectivity index (χ0v) is 14.8. The highest BCUT2D eigenvalue weighted by atomic mass is 32.1. The maximum absolute atomic E-state index is 9.51. The fourth-order valence-electron chi connectivity index (χ4n) is 3.67. The van der Waals surface area contributed by atoms with Crippen molar-refractivity contribution in [1.29, 1.82) is 5.26 Å². The number of rotatable bonds is 5. The van der Waals surface area contributed by atoms with Crippen LogP contribution in [0.15, 0.2) is 35.7 Å². The van der Waals surface area contributed by atoms with E-state index in [-0.39, 0.29) is 5.41 Å². The molecule has 0 fully saturated rings. The highest BCUT2D eigenvalue weighted by Gasteiger charge is 2.40. The molecule has 2 aromatic rings. The van der Waals surface area contributed by atoms with E-state index in [0.29, 0.717) is 6.04 Å². The molecule has 0 saturated carbocycles. The lowest BCUT2D eigenvalue weighted by Crippen LogP contribution is -2.33. The zero-order valence-electron chi connectivity index (χ0n) is 14.0. The first-order valence-electron chi connectivity index (χ1n) is 8.06. The molecule has 0 saturated heterocycles. The molecule has 1 aromatic carbocycles. The average Bonchev–Trinajstić information content (AvgIpc) is 3.15. The van der Waals surface area contributed by atoms with Crippen molar-refractivity contribution < 1.29 is 0 Å². The fraction of sp³-hybridized carbons (Fsp3) is 0.421. The lowest BCUT2D eigenvalue weighted by atomic mass is 9.84. The second-order valence-corrected chi connectivity index (χ2v) is 7.73. The summed E-state index contributed by atoms with van der Waals surface area (Å²) in [6.45, 7) is 6.42. The van der Waals surface area contributed by atoms with Crippen LogP contribution in [-0.2, 0) is 5.41 Å². The molecule has 0 aliphatic carbocycles. The number of hydrogen-bond donors (Lipinski definition) is 1. The Morgan fingerprint density at radius 2 is 2.17 bits per heavy atom. The summed E-state index contributed by atoms with van der Waals surface area (Å²) < 4.78 is 0. The summed E-state index contributed by atoms with van der Waals surface area (Å²) >= 11 is 1.82. The molecule has 2 heterocycles. The third kappa shape index (κ3) is 2.87. The van der Waals surface area contributed by atoms with Crippen LogP contribution in [0.25, 0.3) is 0 Å². The van der Waals surface area contributed by atoms with Crippen LogP contribution in [-0.4, -0.2) is 20.1 Å². The van der Waals surface area contributed by atoms with Crippen LogP contribution in [0.1, 0.15) is 42.3 Å². The summed E-state index contributed by atoms with van der Waals surface area (Å²) in [6, 6.07) is 13.2. The van der Waals surface area contributed by atoms with Crippen LogP contribution < -0.4 is 10.2 Å². The zero-order chi connectivity index (χ0) is 16.4. The second kappa shape index (κ2) is 6.35. The smallest absolute Gasteiger partial charge is 0.0995 e. The molecule has 120 valence electrons. The van der Waals surface area contributed by atoms with Gasteiger partial charge in [-0.1, -0.05) is 26.0 Å². The standard InChI is InChI=1S/C19H23N3S/c1-19(2)13-22(16-7-4-6-14(12-20)18(16)19)15(9-10-21-3)17-8-5-11-23-17/h4-8,11,15,21H,9-10,13H2,1-3H3. The summed E-state index contributed by atoms with van der Waals surface area (Å²) in [6.07, 6.45) is 1.06. The van der Waals surface area contributed by atoms with Gasteiger partial charge in [-0.25, -0.2) is 0 Å². The van der Waals surface area contributed by atoms with Crippen LogP contribution in [0, 0.1) is 11.3 Å². The predicted molar refractivity (Wildman–Crippen MR) is 97.1 cm³/mol. The van der Waals surface area contributed by atoms with Gasteiger partial charge < -0.3 is 10.2 Å². The lowest BCUT2D eigenvalue weighted by Gasteiger charge is -2.31. The van der Waals surface area contributed by atoms with Crippen molar-refractivity contribution in [3.05, 3.63) is 51.7 Å². The molecule has 3 rings (SSSR count). The summed E-state index contributed by atoms with van der Waals surface area (Å²) in [5.41, 5.74) is 3.24. The number of hydrogen-bond acceptors (Lipinski definition) is 4. The summed E-state index contributed by atoms with van der Waals surface area (Å²) in [5, 5.41) is 14.9. The molecule has 1 aliphatic rings. The topological polar surface area (TPSA) is 39.1 Å². The SMILES string of the molecule is CNCCC(c1cccs1)N1CC(C)(C)c2c(C#N)cccc21. The van der Waals surface area contributed by atoms with Gasteiger partial charge in [-0.05, 0) is 43.6 Å². The van der Waals surface area contributed by atoms with Crippen molar-refractivity contribution in [3.8, 4) is 6.07 Å². The number of benzene rings is 1. The van der Waals surface area contributed by atoms with Gasteiger partial charge in [-0.15, -0.1) is 11.3 Å². The molecule has 1 aromatic heterocycles. The molecule has 0 radical (unpaired) electrons. The molecule has 3 nitrogen and oxygen atoms in total. The number of nitrogens with zero attached hydrogens (tertiary/aromatic N) is 2. The minimum Gasteiger partial charge on any atom is -0.362 e. The molecular formula is C19H23N3S. The van der Waals surface area contributed by atoms with Gasteiger partial charge >= 0.3 is 0 Å². The number of nitriles is 1. The first-order chi connectivity index (χ1) is 11.1. The summed E-state index contributed by atoms with van der Waals surface area (Å²) in [4.78, 5) is 3.89. The van der Waals surface area contributed by atoms with Crippen molar-refractivity contribution in [1.82, 2.24) is 5.32 Å². The fourth-order valence-corrected chi connectivity index (χ4v) is 4.54. The van der Waals surface area contributed by atoms with Gasteiger partial charge in [0.25, 0.3) is 0 Å². The monoisotopic (exact) mass is 325 g/mol. The Kier molecular flexibility index (Phi) is 4.43. The van der Waals surface area contributed by atoms with E-state index in [9.17, 15) is 5.26 Å². The maximum atomic E-state index is 9.51. The summed E-state index contributed by atoms with van der Waals surface area (Å²) in [7, 11) is 2.00. The highest BCUT2D eigenvalue weighted by Crippen LogP contribution is 2.47. The predicted octanol–water partition coefficient (Wildman–Crippen LogP) is 4.07. The van der Waals surface area contributed by atoms with Gasteiger partial charge in [0.15, 0.2) is 0 Å². The van der Waals surface area contributed by atoms with E-state index in [1.54, 1.807) is 0 Å². The normalized spacial score (nSPS) is 16.9. The van der Waals surface area contributed by atoms with Crippen molar-refractivity contribution >= 4 is 17.0 Å². The van der Waals surface area contributed by atoms with E-state index in [2.05, 4.69) is 53.7 Å². The van der Waals surface area contributed by atoms with Crippen LogP contribution >= 0.6 is 11.3 Å². The van der Waals surface area contributed by atoms with Crippen molar-refractivity contribution in [3.63, 3.8) is 0 Å². The Morgan fingerprint density at radius 3 is 2.83 bits per heavy atom. The Hall–Kier alpha value is -1.83. The molecule has 1 atom stereocenters. The van der Waals surface area contributed by atoms with E-state index in [0.717, 1.165) is 25.1 Å². The minimum atomic E-state index is -0.00317.